The first-order valence-electron chi connectivity index (χ1n) is 5.02. The summed E-state index contributed by atoms with van der Waals surface area (Å²) in [6.07, 6.45) is -4.50. The Bertz CT molecular complexity index is 538. The molecule has 0 atom stereocenters. The van der Waals surface area contributed by atoms with E-state index in [1.165, 1.54) is 0 Å². The van der Waals surface area contributed by atoms with Crippen molar-refractivity contribution < 1.29 is 13.2 Å². The second-order valence-electron chi connectivity index (χ2n) is 3.54. The average molecular weight is 274 g/mol. The molecule has 0 spiro atoms. The van der Waals surface area contributed by atoms with Crippen LogP contribution in [0.4, 0.5) is 18.3 Å². The van der Waals surface area contributed by atoms with Crippen molar-refractivity contribution >= 4 is 16.7 Å². The number of alkyl halides is 3. The van der Waals surface area contributed by atoms with Crippen molar-refractivity contribution in [2.75, 3.05) is 5.32 Å². The lowest BCUT2D eigenvalue weighted by Crippen LogP contribution is -2.08. The number of pyridine rings is 1. The molecule has 0 aliphatic carbocycles. The highest BCUT2D eigenvalue weighted by molar-refractivity contribution is 7.09. The van der Waals surface area contributed by atoms with E-state index >= 15 is 0 Å². The van der Waals surface area contributed by atoms with Crippen LogP contribution in [0.3, 0.4) is 0 Å². The number of hydrogen-bond acceptors (Lipinski definition) is 5. The van der Waals surface area contributed by atoms with E-state index in [4.69, 9.17) is 0 Å². The van der Waals surface area contributed by atoms with Gasteiger partial charge in [0, 0.05) is 17.2 Å². The molecule has 1 N–H and O–H groups in total. The molecule has 0 amide bonds. The Morgan fingerprint density at radius 1 is 1.28 bits per heavy atom. The van der Waals surface area contributed by atoms with Crippen molar-refractivity contribution in [1.82, 2.24) is 14.3 Å². The minimum atomic E-state index is -4.50. The molecule has 2 aromatic rings. The van der Waals surface area contributed by atoms with Gasteiger partial charge in [0.15, 0.2) is 0 Å². The predicted octanol–water partition coefficient (Wildman–Crippen LogP) is 2.87. The summed E-state index contributed by atoms with van der Waals surface area (Å²) < 4.78 is 40.0. The van der Waals surface area contributed by atoms with Crippen LogP contribution in [-0.4, -0.2) is 14.3 Å². The van der Waals surface area contributed by atoms with Crippen LogP contribution in [0.5, 0.6) is 0 Å². The number of rotatable bonds is 3. The van der Waals surface area contributed by atoms with Gasteiger partial charge in [-0.05, 0) is 19.1 Å². The van der Waals surface area contributed by atoms with Crippen LogP contribution >= 0.6 is 11.5 Å². The lowest BCUT2D eigenvalue weighted by atomic mass is 10.3. The van der Waals surface area contributed by atoms with E-state index in [1.807, 2.05) is 19.1 Å². The molecule has 0 aromatic carbocycles. The molecule has 0 fully saturated rings. The monoisotopic (exact) mass is 274 g/mol. The van der Waals surface area contributed by atoms with E-state index in [-0.39, 0.29) is 5.13 Å². The predicted molar refractivity (Wildman–Crippen MR) is 61.2 cm³/mol. The summed E-state index contributed by atoms with van der Waals surface area (Å²) in [7, 11) is 0. The van der Waals surface area contributed by atoms with E-state index in [0.29, 0.717) is 18.1 Å². The molecule has 4 nitrogen and oxygen atoms in total. The van der Waals surface area contributed by atoms with Crippen molar-refractivity contribution in [3.63, 3.8) is 0 Å². The van der Waals surface area contributed by atoms with Crippen LogP contribution < -0.4 is 5.32 Å². The molecular weight excluding hydrogens is 265 g/mol. The molecule has 2 rings (SSSR count). The molecule has 0 bridgehead atoms. The molecule has 18 heavy (non-hydrogen) atoms. The minimum Gasteiger partial charge on any atom is -0.355 e. The highest BCUT2D eigenvalue weighted by atomic mass is 32.1. The Balaban J connectivity index is 2.01. The maximum atomic E-state index is 12.3. The normalized spacial score (nSPS) is 11.6. The molecule has 0 aliphatic heterocycles. The summed E-state index contributed by atoms with van der Waals surface area (Å²) in [6.45, 7) is 2.16. The zero-order valence-corrected chi connectivity index (χ0v) is 10.1. The molecule has 2 aromatic heterocycles. The molecule has 0 aliphatic rings. The Labute approximate surface area is 105 Å². The van der Waals surface area contributed by atoms with Crippen molar-refractivity contribution in [2.45, 2.75) is 19.6 Å². The maximum Gasteiger partial charge on any atom is 0.452 e. The van der Waals surface area contributed by atoms with Crippen molar-refractivity contribution in [3.05, 3.63) is 35.4 Å². The Morgan fingerprint density at radius 3 is 2.67 bits per heavy atom. The summed E-state index contributed by atoms with van der Waals surface area (Å²) in [5, 5.41) is 2.89. The van der Waals surface area contributed by atoms with Gasteiger partial charge in [-0.1, -0.05) is 6.07 Å². The fraction of sp³-hybridized carbons (Fsp3) is 0.300. The second-order valence-corrected chi connectivity index (χ2v) is 4.30. The quantitative estimate of drug-likeness (QED) is 0.935. The molecule has 0 saturated heterocycles. The SMILES string of the molecule is Cc1cccc(CNc2nc(C(F)(F)F)ns2)n1. The first-order chi connectivity index (χ1) is 8.45. The number of nitrogens with zero attached hydrogens (tertiary/aromatic N) is 3. The minimum absolute atomic E-state index is 0.130. The van der Waals surface area contributed by atoms with Gasteiger partial charge in [0.1, 0.15) is 0 Å². The summed E-state index contributed by atoms with van der Waals surface area (Å²) in [5.41, 5.74) is 1.58. The zero-order chi connectivity index (χ0) is 13.2. The van der Waals surface area contributed by atoms with E-state index in [2.05, 4.69) is 19.7 Å². The van der Waals surface area contributed by atoms with Gasteiger partial charge in [-0.3, -0.25) is 4.98 Å². The third-order valence-electron chi connectivity index (χ3n) is 2.05. The van der Waals surface area contributed by atoms with Crippen LogP contribution in [0.1, 0.15) is 17.2 Å². The number of anilines is 1. The van der Waals surface area contributed by atoms with Gasteiger partial charge in [0.05, 0.1) is 12.2 Å². The summed E-state index contributed by atoms with van der Waals surface area (Å²) in [4.78, 5) is 7.58. The van der Waals surface area contributed by atoms with Gasteiger partial charge in [0.2, 0.25) is 11.0 Å². The van der Waals surface area contributed by atoms with Crippen molar-refractivity contribution in [2.24, 2.45) is 0 Å². The van der Waals surface area contributed by atoms with Crippen molar-refractivity contribution in [3.8, 4) is 0 Å². The fourth-order valence-corrected chi connectivity index (χ4v) is 1.86. The van der Waals surface area contributed by atoms with Gasteiger partial charge in [0.25, 0.3) is 0 Å². The van der Waals surface area contributed by atoms with E-state index < -0.39 is 12.0 Å². The largest absolute Gasteiger partial charge is 0.452 e. The highest BCUT2D eigenvalue weighted by Gasteiger charge is 2.36. The lowest BCUT2D eigenvalue weighted by molar-refractivity contribution is -0.144. The highest BCUT2D eigenvalue weighted by Crippen LogP contribution is 2.28. The van der Waals surface area contributed by atoms with E-state index in [1.54, 1.807) is 6.07 Å². The van der Waals surface area contributed by atoms with Crippen molar-refractivity contribution in [1.29, 1.82) is 0 Å². The topological polar surface area (TPSA) is 50.7 Å². The molecule has 0 unspecified atom stereocenters. The van der Waals surface area contributed by atoms with Gasteiger partial charge >= 0.3 is 6.18 Å². The van der Waals surface area contributed by atoms with Gasteiger partial charge < -0.3 is 5.32 Å². The molecule has 0 saturated carbocycles. The first-order valence-corrected chi connectivity index (χ1v) is 5.80. The van der Waals surface area contributed by atoms with E-state index in [9.17, 15) is 13.2 Å². The summed E-state index contributed by atoms with van der Waals surface area (Å²) in [6, 6.07) is 5.46. The second kappa shape index (κ2) is 4.89. The third-order valence-corrected chi connectivity index (χ3v) is 2.72. The third kappa shape index (κ3) is 3.16. The van der Waals surface area contributed by atoms with Crippen LogP contribution in [0.2, 0.25) is 0 Å². The van der Waals surface area contributed by atoms with Gasteiger partial charge in [-0.15, -0.1) is 0 Å². The van der Waals surface area contributed by atoms with E-state index in [0.717, 1.165) is 11.4 Å². The Hall–Kier alpha value is -1.70. The van der Waals surface area contributed by atoms with Crippen LogP contribution in [0.15, 0.2) is 18.2 Å². The molecule has 96 valence electrons. The average Bonchev–Trinajstić information content (AvgIpc) is 2.74. The Kier molecular flexibility index (Phi) is 3.46. The number of nitrogens with one attached hydrogen (secondary N) is 1. The fourth-order valence-electron chi connectivity index (χ4n) is 1.27. The maximum absolute atomic E-state index is 12.3. The number of aromatic nitrogens is 3. The Morgan fingerprint density at radius 2 is 2.06 bits per heavy atom. The number of halogens is 3. The summed E-state index contributed by atoms with van der Waals surface area (Å²) in [5.74, 6) is -1.12. The number of hydrogen-bond donors (Lipinski definition) is 1. The molecule has 8 heteroatoms. The first kappa shape index (κ1) is 12.7. The van der Waals surface area contributed by atoms with Crippen LogP contribution in [-0.2, 0) is 12.7 Å². The number of aryl methyl sites for hydroxylation is 1. The van der Waals surface area contributed by atoms with Crippen LogP contribution in [0, 0.1) is 6.92 Å². The summed E-state index contributed by atoms with van der Waals surface area (Å²) >= 11 is 0.680. The van der Waals surface area contributed by atoms with Gasteiger partial charge in [-0.25, -0.2) is 0 Å². The molecular formula is C10H9F3N4S. The smallest absolute Gasteiger partial charge is 0.355 e. The molecule has 2 heterocycles. The van der Waals surface area contributed by atoms with Crippen LogP contribution in [0.25, 0.3) is 0 Å². The van der Waals surface area contributed by atoms with Gasteiger partial charge in [-0.2, -0.15) is 22.5 Å². The lowest BCUT2D eigenvalue weighted by Gasteiger charge is -2.02. The molecule has 0 radical (unpaired) electrons. The standard InChI is InChI=1S/C10H9F3N4S/c1-6-3-2-4-7(15-6)5-14-9-16-8(17-18-9)10(11,12)13/h2-4H,5H2,1H3,(H,14,16,17). The zero-order valence-electron chi connectivity index (χ0n) is 9.32.